The van der Waals surface area contributed by atoms with Gasteiger partial charge in [-0.25, -0.2) is 0 Å². The van der Waals surface area contributed by atoms with Crippen molar-refractivity contribution >= 4 is 5.71 Å². The number of hydrogen-bond acceptors (Lipinski definition) is 2. The Labute approximate surface area is 89.5 Å². The van der Waals surface area contributed by atoms with Crippen LogP contribution in [-0.4, -0.2) is 35.6 Å². The standard InChI is InChI=1S/C11H15N3O/c1-15-11-8-9(13-12)4-5-10(11)14-6-2-3-7-14/h5,8H,2-4,6-7H2,1H3. The molecule has 0 aromatic rings. The molecule has 4 nitrogen and oxygen atoms in total. The molecule has 0 saturated carbocycles. The minimum atomic E-state index is 0.648. The van der Waals surface area contributed by atoms with Crippen molar-refractivity contribution in [3.05, 3.63) is 29.1 Å². The van der Waals surface area contributed by atoms with Crippen molar-refractivity contribution in [3.63, 3.8) is 0 Å². The SMILES string of the molecule is COC1=CC(=[N+]=[N-])CC=C1N1CCCC1. The lowest BCUT2D eigenvalue weighted by molar-refractivity contribution is -0.00586. The lowest BCUT2D eigenvalue weighted by Gasteiger charge is -2.24. The van der Waals surface area contributed by atoms with Crippen LogP contribution in [0, 0.1) is 0 Å². The third-order valence-electron chi connectivity index (χ3n) is 2.85. The van der Waals surface area contributed by atoms with E-state index in [9.17, 15) is 0 Å². The first-order chi connectivity index (χ1) is 7.35. The van der Waals surface area contributed by atoms with E-state index in [1.54, 1.807) is 13.2 Å². The largest absolute Gasteiger partial charge is 0.494 e. The molecule has 0 radical (unpaired) electrons. The Morgan fingerprint density at radius 1 is 1.40 bits per heavy atom. The summed E-state index contributed by atoms with van der Waals surface area (Å²) in [5, 5.41) is 0. The van der Waals surface area contributed by atoms with E-state index in [2.05, 4.69) is 15.8 Å². The van der Waals surface area contributed by atoms with Crippen molar-refractivity contribution < 1.29 is 9.53 Å². The van der Waals surface area contributed by atoms with Gasteiger partial charge in [0.15, 0.2) is 0 Å². The van der Waals surface area contributed by atoms with E-state index >= 15 is 0 Å². The first-order valence-corrected chi connectivity index (χ1v) is 5.27. The number of methoxy groups -OCH3 is 1. The van der Waals surface area contributed by atoms with Crippen LogP contribution in [0.2, 0.25) is 0 Å². The van der Waals surface area contributed by atoms with Gasteiger partial charge in [0.05, 0.1) is 25.3 Å². The highest BCUT2D eigenvalue weighted by atomic mass is 16.5. The Balaban J connectivity index is 2.22. The second-order valence-electron chi connectivity index (χ2n) is 3.79. The molecule has 1 saturated heterocycles. The van der Waals surface area contributed by atoms with Crippen LogP contribution in [0.5, 0.6) is 0 Å². The van der Waals surface area contributed by atoms with Crippen molar-refractivity contribution in [2.24, 2.45) is 0 Å². The second-order valence-corrected chi connectivity index (χ2v) is 3.79. The van der Waals surface area contributed by atoms with Crippen molar-refractivity contribution in [1.29, 1.82) is 0 Å². The van der Waals surface area contributed by atoms with E-state index in [-0.39, 0.29) is 0 Å². The number of allylic oxidation sites excluding steroid dienone is 2. The molecule has 4 heteroatoms. The van der Waals surface area contributed by atoms with Gasteiger partial charge in [0, 0.05) is 13.1 Å². The summed E-state index contributed by atoms with van der Waals surface area (Å²) < 4.78 is 5.31. The number of likely N-dealkylation sites (tertiary alicyclic amines) is 1. The van der Waals surface area contributed by atoms with Gasteiger partial charge in [-0.05, 0) is 18.9 Å². The molecule has 15 heavy (non-hydrogen) atoms. The molecule has 0 aromatic carbocycles. The first kappa shape index (κ1) is 9.99. The predicted octanol–water partition coefficient (Wildman–Crippen LogP) is 1.57. The lowest BCUT2D eigenvalue weighted by atomic mass is 10.1. The lowest BCUT2D eigenvalue weighted by Crippen LogP contribution is -2.23. The minimum absolute atomic E-state index is 0.648. The molecule has 2 rings (SSSR count). The third-order valence-corrected chi connectivity index (χ3v) is 2.85. The number of nitrogens with zero attached hydrogens (tertiary/aromatic N) is 3. The molecular weight excluding hydrogens is 190 g/mol. The molecule has 0 aromatic heterocycles. The van der Waals surface area contributed by atoms with E-state index in [1.165, 1.54) is 12.8 Å². The quantitative estimate of drug-likeness (QED) is 0.507. The average Bonchev–Trinajstić information content (AvgIpc) is 2.81. The van der Waals surface area contributed by atoms with Crippen molar-refractivity contribution in [3.8, 4) is 0 Å². The van der Waals surface area contributed by atoms with Gasteiger partial charge in [0.2, 0.25) is 0 Å². The van der Waals surface area contributed by atoms with Gasteiger partial charge in [0.1, 0.15) is 5.76 Å². The molecule has 0 bridgehead atoms. The molecule has 0 spiro atoms. The summed E-state index contributed by atoms with van der Waals surface area (Å²) in [4.78, 5) is 5.53. The van der Waals surface area contributed by atoms with Gasteiger partial charge < -0.3 is 15.2 Å². The molecule has 1 fully saturated rings. The van der Waals surface area contributed by atoms with Crippen LogP contribution in [0.15, 0.2) is 23.6 Å². The number of hydrogen-bond donors (Lipinski definition) is 0. The molecule has 0 amide bonds. The highest BCUT2D eigenvalue weighted by Crippen LogP contribution is 2.24. The monoisotopic (exact) mass is 205 g/mol. The van der Waals surface area contributed by atoms with Gasteiger partial charge in [-0.3, -0.25) is 0 Å². The third kappa shape index (κ3) is 1.95. The molecule has 1 aliphatic heterocycles. The molecule has 1 heterocycles. The summed E-state index contributed by atoms with van der Waals surface area (Å²) in [5.74, 6) is 0.802. The fraction of sp³-hybridized carbons (Fsp3) is 0.545. The van der Waals surface area contributed by atoms with Gasteiger partial charge >= 0.3 is 0 Å². The van der Waals surface area contributed by atoms with Crippen LogP contribution >= 0.6 is 0 Å². The number of ether oxygens (including phenoxy) is 1. The van der Waals surface area contributed by atoms with Gasteiger partial charge in [-0.15, -0.1) is 0 Å². The Bertz CT molecular complexity index is 358. The highest BCUT2D eigenvalue weighted by Gasteiger charge is 2.23. The van der Waals surface area contributed by atoms with Crippen LogP contribution in [0.1, 0.15) is 19.3 Å². The fourth-order valence-electron chi connectivity index (χ4n) is 2.06. The van der Waals surface area contributed by atoms with Gasteiger partial charge in [-0.2, -0.15) is 4.79 Å². The average molecular weight is 205 g/mol. The Hall–Kier alpha value is -1.54. The summed E-state index contributed by atoms with van der Waals surface area (Å²) in [6.07, 6.45) is 7.03. The molecule has 0 N–H and O–H groups in total. The van der Waals surface area contributed by atoms with E-state index in [0.29, 0.717) is 12.1 Å². The summed E-state index contributed by atoms with van der Waals surface area (Å²) in [7, 11) is 1.65. The van der Waals surface area contributed by atoms with Crippen LogP contribution in [-0.2, 0) is 4.74 Å². The Morgan fingerprint density at radius 3 is 2.73 bits per heavy atom. The maximum atomic E-state index is 8.70. The molecule has 2 aliphatic rings. The van der Waals surface area contributed by atoms with Crippen molar-refractivity contribution in [1.82, 2.24) is 4.90 Å². The summed E-state index contributed by atoms with van der Waals surface area (Å²) in [6.45, 7) is 2.19. The van der Waals surface area contributed by atoms with Crippen molar-refractivity contribution in [2.45, 2.75) is 19.3 Å². The van der Waals surface area contributed by atoms with Crippen molar-refractivity contribution in [2.75, 3.05) is 20.2 Å². The van der Waals surface area contributed by atoms with Crippen LogP contribution in [0.25, 0.3) is 5.53 Å². The highest BCUT2D eigenvalue weighted by molar-refractivity contribution is 5.93. The Kier molecular flexibility index (Phi) is 2.88. The van der Waals surface area contributed by atoms with E-state index < -0.39 is 0 Å². The van der Waals surface area contributed by atoms with Gasteiger partial charge in [0.25, 0.3) is 5.71 Å². The number of rotatable bonds is 2. The molecule has 1 aliphatic carbocycles. The normalized spacial score (nSPS) is 20.9. The Morgan fingerprint density at radius 2 is 2.13 bits per heavy atom. The van der Waals surface area contributed by atoms with Crippen LogP contribution in [0.4, 0.5) is 0 Å². The molecule has 80 valence electrons. The van der Waals surface area contributed by atoms with E-state index in [0.717, 1.165) is 24.5 Å². The molecule has 0 unspecified atom stereocenters. The molecule has 0 atom stereocenters. The van der Waals surface area contributed by atoms with Gasteiger partial charge in [-0.1, -0.05) is 0 Å². The van der Waals surface area contributed by atoms with Crippen LogP contribution in [0.3, 0.4) is 0 Å². The molecular formula is C11H15N3O. The summed E-state index contributed by atoms with van der Waals surface area (Å²) in [6, 6.07) is 0. The fourth-order valence-corrected chi connectivity index (χ4v) is 2.06. The zero-order valence-electron chi connectivity index (χ0n) is 8.94. The van der Waals surface area contributed by atoms with E-state index in [1.807, 2.05) is 0 Å². The topological polar surface area (TPSA) is 48.9 Å². The maximum Gasteiger partial charge on any atom is 0.299 e. The summed E-state index contributed by atoms with van der Waals surface area (Å²) >= 11 is 0. The second kappa shape index (κ2) is 4.32. The zero-order valence-corrected chi connectivity index (χ0v) is 8.94. The zero-order chi connectivity index (χ0) is 10.7. The van der Waals surface area contributed by atoms with E-state index in [4.69, 9.17) is 10.3 Å². The predicted molar refractivity (Wildman–Crippen MR) is 57.2 cm³/mol. The first-order valence-electron chi connectivity index (χ1n) is 5.27. The smallest absolute Gasteiger partial charge is 0.299 e. The van der Waals surface area contributed by atoms with Crippen LogP contribution < -0.4 is 0 Å². The summed E-state index contributed by atoms with van der Waals surface area (Å²) in [5.41, 5.74) is 10.5. The minimum Gasteiger partial charge on any atom is -0.494 e. The maximum absolute atomic E-state index is 8.70.